The van der Waals surface area contributed by atoms with Gasteiger partial charge >= 0.3 is 6.09 Å². The van der Waals surface area contributed by atoms with Crippen molar-refractivity contribution in [3.8, 4) is 5.75 Å². The molecule has 2 aliphatic rings. The summed E-state index contributed by atoms with van der Waals surface area (Å²) in [5.74, 6) is 1.01. The van der Waals surface area contributed by atoms with E-state index < -0.39 is 5.41 Å². The second-order valence-electron chi connectivity index (χ2n) is 8.38. The number of hydrogen-bond acceptors (Lipinski definition) is 4. The van der Waals surface area contributed by atoms with Gasteiger partial charge in [-0.3, -0.25) is 4.79 Å². The molecule has 164 valence electrons. The third kappa shape index (κ3) is 5.07. The van der Waals surface area contributed by atoms with Gasteiger partial charge in [0.25, 0.3) is 0 Å². The molecule has 2 fully saturated rings. The SMILES string of the molecule is O=C(Oc1ccccc1)N1CCC(CNC(=O)C2(c3ccccc3)CCOCC2)CC1. The van der Waals surface area contributed by atoms with Crippen molar-refractivity contribution in [1.29, 1.82) is 0 Å². The first-order valence-corrected chi connectivity index (χ1v) is 11.1. The lowest BCUT2D eigenvalue weighted by atomic mass is 9.73. The van der Waals surface area contributed by atoms with Crippen LogP contribution < -0.4 is 10.1 Å². The average Bonchev–Trinajstić information content (AvgIpc) is 2.84. The molecule has 0 saturated carbocycles. The molecule has 0 atom stereocenters. The van der Waals surface area contributed by atoms with Gasteiger partial charge in [-0.1, -0.05) is 48.5 Å². The van der Waals surface area contributed by atoms with Crippen molar-refractivity contribution in [2.75, 3.05) is 32.8 Å². The molecule has 0 aromatic heterocycles. The summed E-state index contributed by atoms with van der Waals surface area (Å²) in [6.07, 6.45) is 2.80. The highest BCUT2D eigenvalue weighted by atomic mass is 16.6. The summed E-state index contributed by atoms with van der Waals surface area (Å²) < 4.78 is 11.0. The van der Waals surface area contributed by atoms with E-state index in [9.17, 15) is 9.59 Å². The van der Waals surface area contributed by atoms with Crippen molar-refractivity contribution in [3.63, 3.8) is 0 Å². The molecule has 0 aliphatic carbocycles. The number of piperidine rings is 1. The Kier molecular flexibility index (Phi) is 6.87. The number of ether oxygens (including phenoxy) is 2. The molecule has 4 rings (SSSR count). The molecule has 6 heteroatoms. The maximum Gasteiger partial charge on any atom is 0.415 e. The Morgan fingerprint density at radius 2 is 1.58 bits per heavy atom. The predicted octanol–water partition coefficient (Wildman–Crippen LogP) is 3.76. The Bertz CT molecular complexity index is 858. The lowest BCUT2D eigenvalue weighted by molar-refractivity contribution is -0.130. The van der Waals surface area contributed by atoms with Crippen molar-refractivity contribution in [2.24, 2.45) is 5.92 Å². The van der Waals surface area contributed by atoms with Crippen LogP contribution in [-0.2, 0) is 14.9 Å². The zero-order valence-corrected chi connectivity index (χ0v) is 17.8. The molecule has 2 heterocycles. The number of carbonyl (C=O) groups excluding carboxylic acids is 2. The monoisotopic (exact) mass is 422 g/mol. The van der Waals surface area contributed by atoms with Gasteiger partial charge in [0.1, 0.15) is 5.75 Å². The van der Waals surface area contributed by atoms with Gasteiger partial charge in [-0.15, -0.1) is 0 Å². The van der Waals surface area contributed by atoms with Gasteiger partial charge in [0, 0.05) is 32.8 Å². The Morgan fingerprint density at radius 3 is 2.23 bits per heavy atom. The molecule has 2 aliphatic heterocycles. The van der Waals surface area contributed by atoms with Crippen LogP contribution in [0.25, 0.3) is 0 Å². The van der Waals surface area contributed by atoms with E-state index in [-0.39, 0.29) is 12.0 Å². The summed E-state index contributed by atoms with van der Waals surface area (Å²) in [7, 11) is 0. The van der Waals surface area contributed by atoms with Crippen LogP contribution in [0.3, 0.4) is 0 Å². The van der Waals surface area contributed by atoms with Crippen LogP contribution >= 0.6 is 0 Å². The van der Waals surface area contributed by atoms with E-state index in [1.54, 1.807) is 17.0 Å². The number of rotatable bonds is 5. The molecule has 2 amide bonds. The second-order valence-corrected chi connectivity index (χ2v) is 8.38. The summed E-state index contributed by atoms with van der Waals surface area (Å²) in [6, 6.07) is 19.2. The zero-order valence-electron chi connectivity index (χ0n) is 17.8. The molecule has 2 aromatic rings. The zero-order chi connectivity index (χ0) is 21.5. The van der Waals surface area contributed by atoms with Gasteiger partial charge in [-0.2, -0.15) is 0 Å². The van der Waals surface area contributed by atoms with Gasteiger partial charge in [-0.05, 0) is 49.3 Å². The number of amides is 2. The molecule has 31 heavy (non-hydrogen) atoms. The van der Waals surface area contributed by atoms with Gasteiger partial charge in [-0.25, -0.2) is 4.79 Å². The number of carbonyl (C=O) groups is 2. The smallest absolute Gasteiger partial charge is 0.410 e. The summed E-state index contributed by atoms with van der Waals surface area (Å²) in [4.78, 5) is 27.4. The van der Waals surface area contributed by atoms with E-state index >= 15 is 0 Å². The molecular formula is C25H30N2O4. The minimum Gasteiger partial charge on any atom is -0.410 e. The Balaban J connectivity index is 1.29. The van der Waals surface area contributed by atoms with E-state index in [0.29, 0.717) is 57.4 Å². The van der Waals surface area contributed by atoms with Crippen LogP contribution in [0.5, 0.6) is 5.75 Å². The molecule has 6 nitrogen and oxygen atoms in total. The molecule has 1 N–H and O–H groups in total. The van der Waals surface area contributed by atoms with Crippen molar-refractivity contribution in [1.82, 2.24) is 10.2 Å². The molecule has 2 aromatic carbocycles. The second kappa shape index (κ2) is 9.96. The minimum absolute atomic E-state index is 0.0907. The standard InChI is InChI=1S/C25H30N2O4/c28-23(25(13-17-30-18-14-25)21-7-3-1-4-8-21)26-19-20-11-15-27(16-12-20)24(29)31-22-9-5-2-6-10-22/h1-10,20H,11-19H2,(H,26,28). The van der Waals surface area contributed by atoms with Gasteiger partial charge < -0.3 is 19.7 Å². The van der Waals surface area contributed by atoms with Crippen molar-refractivity contribution < 1.29 is 19.1 Å². The van der Waals surface area contributed by atoms with Crippen molar-refractivity contribution >= 4 is 12.0 Å². The van der Waals surface area contributed by atoms with Gasteiger partial charge in [0.05, 0.1) is 5.41 Å². The maximum atomic E-state index is 13.3. The number of nitrogens with zero attached hydrogens (tertiary/aromatic N) is 1. The van der Waals surface area contributed by atoms with E-state index in [2.05, 4.69) is 5.32 Å². The van der Waals surface area contributed by atoms with E-state index in [1.807, 2.05) is 48.5 Å². The number of hydrogen-bond donors (Lipinski definition) is 1. The largest absolute Gasteiger partial charge is 0.415 e. The summed E-state index contributed by atoms with van der Waals surface area (Å²) >= 11 is 0. The fourth-order valence-corrected chi connectivity index (χ4v) is 4.50. The summed E-state index contributed by atoms with van der Waals surface area (Å²) in [5.41, 5.74) is 0.550. The summed E-state index contributed by atoms with van der Waals surface area (Å²) in [6.45, 7) is 3.12. The normalized spacial score (nSPS) is 18.9. The highest BCUT2D eigenvalue weighted by molar-refractivity contribution is 5.88. The molecule has 0 bridgehead atoms. The molecule has 0 spiro atoms. The average molecular weight is 423 g/mol. The molecule has 0 radical (unpaired) electrons. The van der Waals surface area contributed by atoms with Crippen LogP contribution in [0, 0.1) is 5.92 Å². The first-order chi connectivity index (χ1) is 15.2. The highest BCUT2D eigenvalue weighted by Gasteiger charge is 2.41. The minimum atomic E-state index is -0.514. The number of nitrogens with one attached hydrogen (secondary N) is 1. The van der Waals surface area contributed by atoms with E-state index in [1.165, 1.54) is 0 Å². The fourth-order valence-electron chi connectivity index (χ4n) is 4.50. The van der Waals surface area contributed by atoms with Gasteiger partial charge in [0.2, 0.25) is 5.91 Å². The third-order valence-corrected chi connectivity index (χ3v) is 6.48. The Morgan fingerprint density at radius 1 is 0.968 bits per heavy atom. The molecule has 2 saturated heterocycles. The lowest BCUT2D eigenvalue weighted by Crippen LogP contribution is -2.50. The Hall–Kier alpha value is -2.86. The quantitative estimate of drug-likeness (QED) is 0.797. The van der Waals surface area contributed by atoms with Gasteiger partial charge in [0.15, 0.2) is 0 Å². The lowest BCUT2D eigenvalue weighted by Gasteiger charge is -2.37. The van der Waals surface area contributed by atoms with Crippen molar-refractivity contribution in [2.45, 2.75) is 31.1 Å². The first kappa shape index (κ1) is 21.4. The first-order valence-electron chi connectivity index (χ1n) is 11.1. The van der Waals surface area contributed by atoms with Crippen molar-refractivity contribution in [3.05, 3.63) is 66.2 Å². The maximum absolute atomic E-state index is 13.3. The number of para-hydroxylation sites is 1. The molecular weight excluding hydrogens is 392 g/mol. The van der Waals surface area contributed by atoms with E-state index in [4.69, 9.17) is 9.47 Å². The van der Waals surface area contributed by atoms with Crippen LogP contribution in [0.1, 0.15) is 31.2 Å². The predicted molar refractivity (Wildman–Crippen MR) is 118 cm³/mol. The molecule has 0 unspecified atom stereocenters. The Labute approximate surface area is 183 Å². The van der Waals surface area contributed by atoms with Crippen LogP contribution in [0.4, 0.5) is 4.79 Å². The third-order valence-electron chi connectivity index (χ3n) is 6.48. The summed E-state index contributed by atoms with van der Waals surface area (Å²) in [5, 5.41) is 3.22. The van der Waals surface area contributed by atoms with E-state index in [0.717, 1.165) is 18.4 Å². The number of benzene rings is 2. The number of likely N-dealkylation sites (tertiary alicyclic amines) is 1. The van der Waals surface area contributed by atoms with Crippen LogP contribution in [-0.4, -0.2) is 49.7 Å². The highest BCUT2D eigenvalue weighted by Crippen LogP contribution is 2.35. The van der Waals surface area contributed by atoms with Crippen LogP contribution in [0.15, 0.2) is 60.7 Å². The van der Waals surface area contributed by atoms with Crippen LogP contribution in [0.2, 0.25) is 0 Å². The topological polar surface area (TPSA) is 67.9 Å². The fraction of sp³-hybridized carbons (Fsp3) is 0.440.